The van der Waals surface area contributed by atoms with Crippen LogP contribution in [0, 0.1) is 11.7 Å². The van der Waals surface area contributed by atoms with E-state index in [1.165, 1.54) is 6.07 Å². The lowest BCUT2D eigenvalue weighted by Crippen LogP contribution is -2.41. The summed E-state index contributed by atoms with van der Waals surface area (Å²) in [5.41, 5.74) is 8.26. The monoisotopic (exact) mass is 404 g/mol. The van der Waals surface area contributed by atoms with Gasteiger partial charge < -0.3 is 10.0 Å². The van der Waals surface area contributed by atoms with E-state index in [1.54, 1.807) is 47.6 Å². The number of aromatic hydroxyl groups is 1. The summed E-state index contributed by atoms with van der Waals surface area (Å²) in [6.07, 6.45) is 3.39. The molecule has 1 amide bonds. The van der Waals surface area contributed by atoms with Crippen molar-refractivity contribution in [3.63, 3.8) is 0 Å². The number of fused-ring (bicyclic) bond motifs is 1. The predicted octanol–water partition coefficient (Wildman–Crippen LogP) is 2.84. The van der Waals surface area contributed by atoms with E-state index < -0.39 is 12.1 Å². The van der Waals surface area contributed by atoms with Gasteiger partial charge in [0, 0.05) is 36.0 Å². The van der Waals surface area contributed by atoms with Gasteiger partial charge in [-0.3, -0.25) is 9.78 Å². The smallest absolute Gasteiger partial charge is 0.242 e. The van der Waals surface area contributed by atoms with Crippen LogP contribution in [0.2, 0.25) is 0 Å². The molecule has 0 bridgehead atoms. The maximum atomic E-state index is 14.9. The zero-order valence-electron chi connectivity index (χ0n) is 16.1. The first-order chi connectivity index (χ1) is 14.6. The number of hydrogen-bond acceptors (Lipinski definition) is 5. The molecule has 2 fully saturated rings. The normalized spacial score (nSPS) is 25.5. The number of phenolic OH excluding ortho intramolecular Hbond substituents is 1. The number of phenols is 1. The summed E-state index contributed by atoms with van der Waals surface area (Å²) in [4.78, 5) is 19.2. The van der Waals surface area contributed by atoms with Crippen LogP contribution in [0.1, 0.15) is 28.8 Å². The number of hydrogen-bond donors (Lipinski definition) is 3. The fraction of sp³-hybridized carbons (Fsp3) is 0.217. The lowest BCUT2D eigenvalue weighted by molar-refractivity contribution is -0.131. The highest BCUT2D eigenvalue weighted by Gasteiger charge is 2.56. The summed E-state index contributed by atoms with van der Waals surface area (Å²) >= 11 is 0. The molecule has 4 atom stereocenters. The molecule has 2 aliphatic rings. The van der Waals surface area contributed by atoms with Crippen LogP contribution in [0.3, 0.4) is 0 Å². The van der Waals surface area contributed by atoms with Gasteiger partial charge in [0.1, 0.15) is 17.6 Å². The van der Waals surface area contributed by atoms with Gasteiger partial charge in [-0.25, -0.2) is 15.2 Å². The molecular formula is C23H21FN4O2. The molecule has 2 saturated heterocycles. The summed E-state index contributed by atoms with van der Waals surface area (Å²) in [5.74, 6) is -0.625. The van der Waals surface area contributed by atoms with Crippen LogP contribution < -0.4 is 10.9 Å². The second-order valence-electron chi connectivity index (χ2n) is 7.67. The number of pyridine rings is 1. The quantitative estimate of drug-likeness (QED) is 0.623. The highest BCUT2D eigenvalue weighted by Crippen LogP contribution is 2.49. The van der Waals surface area contributed by atoms with E-state index in [0.29, 0.717) is 17.7 Å². The van der Waals surface area contributed by atoms with Crippen molar-refractivity contribution >= 4 is 5.91 Å². The first-order valence-electron chi connectivity index (χ1n) is 9.88. The van der Waals surface area contributed by atoms with Gasteiger partial charge in [-0.05, 0) is 23.8 Å². The molecule has 30 heavy (non-hydrogen) atoms. The number of rotatable bonds is 4. The van der Waals surface area contributed by atoms with Gasteiger partial charge in [-0.1, -0.05) is 42.5 Å². The van der Waals surface area contributed by atoms with Crippen molar-refractivity contribution < 1.29 is 14.3 Å². The highest BCUT2D eigenvalue weighted by atomic mass is 19.1. The Bertz CT molecular complexity index is 1080. The SMILES string of the molecule is O=C1C2NNC(c3ccccc3O)C2C(c2ccccc2F)N1Cc1cccnc1. The number of benzene rings is 2. The van der Waals surface area contributed by atoms with E-state index in [0.717, 1.165) is 5.56 Å². The Morgan fingerprint density at radius 3 is 2.43 bits per heavy atom. The molecule has 3 N–H and O–H groups in total. The number of aromatic nitrogens is 1. The molecule has 5 rings (SSSR count). The highest BCUT2D eigenvalue weighted by molar-refractivity contribution is 5.86. The number of hydrazine groups is 1. The number of carbonyl (C=O) groups is 1. The largest absolute Gasteiger partial charge is 0.508 e. The Hall–Kier alpha value is -3.29. The first kappa shape index (κ1) is 18.7. The summed E-state index contributed by atoms with van der Waals surface area (Å²) in [5, 5.41) is 10.4. The van der Waals surface area contributed by atoms with Crippen LogP contribution >= 0.6 is 0 Å². The molecule has 0 aliphatic carbocycles. The van der Waals surface area contributed by atoms with Crippen molar-refractivity contribution in [2.45, 2.75) is 24.7 Å². The molecule has 3 aromatic rings. The summed E-state index contributed by atoms with van der Waals surface area (Å²) in [6.45, 7) is 0.327. The molecule has 0 saturated carbocycles. The van der Waals surface area contributed by atoms with Gasteiger partial charge in [-0.2, -0.15) is 0 Å². The minimum absolute atomic E-state index is 0.109. The van der Waals surface area contributed by atoms with Gasteiger partial charge in [0.25, 0.3) is 0 Å². The second kappa shape index (κ2) is 7.51. The molecular weight excluding hydrogens is 383 g/mol. The molecule has 152 valence electrons. The van der Waals surface area contributed by atoms with Gasteiger partial charge in [0.05, 0.1) is 12.1 Å². The number of para-hydroxylation sites is 1. The average molecular weight is 404 g/mol. The van der Waals surface area contributed by atoms with Crippen molar-refractivity contribution in [3.05, 3.63) is 95.6 Å². The van der Waals surface area contributed by atoms with Crippen molar-refractivity contribution in [2.24, 2.45) is 5.92 Å². The maximum absolute atomic E-state index is 14.9. The Kier molecular flexibility index (Phi) is 4.69. The molecule has 0 spiro atoms. The van der Waals surface area contributed by atoms with Crippen LogP contribution in [-0.4, -0.2) is 26.9 Å². The van der Waals surface area contributed by atoms with E-state index in [4.69, 9.17) is 0 Å². The molecule has 2 aliphatic heterocycles. The standard InChI is InChI=1S/C23H21FN4O2/c24-17-9-3-1-7-15(17)22-19-20(16-8-2-4-10-18(16)29)26-27-21(19)23(30)28(22)13-14-6-5-11-25-12-14/h1-12,19-22,26-27,29H,13H2. The molecule has 6 nitrogen and oxygen atoms in total. The first-order valence-corrected chi connectivity index (χ1v) is 9.88. The molecule has 2 aromatic carbocycles. The van der Waals surface area contributed by atoms with Gasteiger partial charge >= 0.3 is 0 Å². The Morgan fingerprint density at radius 1 is 0.967 bits per heavy atom. The molecule has 1 aromatic heterocycles. The zero-order valence-corrected chi connectivity index (χ0v) is 16.1. The van der Waals surface area contributed by atoms with Crippen LogP contribution in [0.25, 0.3) is 0 Å². The minimum Gasteiger partial charge on any atom is -0.508 e. The fourth-order valence-electron chi connectivity index (χ4n) is 4.67. The Balaban J connectivity index is 1.60. The third-order valence-corrected chi connectivity index (χ3v) is 5.99. The Labute approximate surface area is 173 Å². The molecule has 3 heterocycles. The number of amides is 1. The van der Waals surface area contributed by atoms with Crippen molar-refractivity contribution in [1.82, 2.24) is 20.7 Å². The van der Waals surface area contributed by atoms with Crippen LogP contribution in [0.4, 0.5) is 4.39 Å². The third kappa shape index (κ3) is 3.03. The lowest BCUT2D eigenvalue weighted by Gasteiger charge is -2.31. The van der Waals surface area contributed by atoms with Gasteiger partial charge in [0.2, 0.25) is 5.91 Å². The second-order valence-corrected chi connectivity index (χ2v) is 7.67. The maximum Gasteiger partial charge on any atom is 0.242 e. The lowest BCUT2D eigenvalue weighted by atomic mass is 9.83. The number of likely N-dealkylation sites (tertiary alicyclic amines) is 1. The van der Waals surface area contributed by atoms with E-state index in [9.17, 15) is 14.3 Å². The number of nitrogens with one attached hydrogen (secondary N) is 2. The van der Waals surface area contributed by atoms with Gasteiger partial charge in [-0.15, -0.1) is 0 Å². The van der Waals surface area contributed by atoms with Crippen molar-refractivity contribution in [1.29, 1.82) is 0 Å². The van der Waals surface area contributed by atoms with Gasteiger partial charge in [0.15, 0.2) is 0 Å². The molecule has 4 unspecified atom stereocenters. The topological polar surface area (TPSA) is 77.5 Å². The van der Waals surface area contributed by atoms with E-state index >= 15 is 0 Å². The van der Waals surface area contributed by atoms with Crippen LogP contribution in [0.5, 0.6) is 5.75 Å². The van der Waals surface area contributed by atoms with Crippen LogP contribution in [-0.2, 0) is 11.3 Å². The molecule has 7 heteroatoms. The van der Waals surface area contributed by atoms with Crippen molar-refractivity contribution in [2.75, 3.05) is 0 Å². The average Bonchev–Trinajstić information content (AvgIpc) is 3.30. The van der Waals surface area contributed by atoms with E-state index in [2.05, 4.69) is 15.8 Å². The minimum atomic E-state index is -0.532. The van der Waals surface area contributed by atoms with E-state index in [-0.39, 0.29) is 29.4 Å². The van der Waals surface area contributed by atoms with E-state index in [1.807, 2.05) is 24.3 Å². The predicted molar refractivity (Wildman–Crippen MR) is 108 cm³/mol. The molecule has 0 radical (unpaired) electrons. The zero-order chi connectivity index (χ0) is 20.7. The van der Waals surface area contributed by atoms with Crippen LogP contribution in [0.15, 0.2) is 73.1 Å². The Morgan fingerprint density at radius 2 is 1.70 bits per heavy atom. The number of carbonyl (C=O) groups excluding carboxylic acids is 1. The van der Waals surface area contributed by atoms with Crippen molar-refractivity contribution in [3.8, 4) is 5.75 Å². The number of halogens is 1. The third-order valence-electron chi connectivity index (χ3n) is 5.99. The fourth-order valence-corrected chi connectivity index (χ4v) is 4.67. The summed E-state index contributed by atoms with van der Waals surface area (Å²) in [6, 6.07) is 15.9. The summed E-state index contributed by atoms with van der Waals surface area (Å²) < 4.78 is 14.9. The summed E-state index contributed by atoms with van der Waals surface area (Å²) in [7, 11) is 0. The number of nitrogens with zero attached hydrogens (tertiary/aromatic N) is 2.